The topological polar surface area (TPSA) is 73.8 Å². The zero-order valence-electron chi connectivity index (χ0n) is 15.4. The Kier molecular flexibility index (Phi) is 7.72. The minimum Gasteiger partial charge on any atom is -0.355 e. The molecule has 0 bridgehead atoms. The molecule has 3 rings (SSSR count). The van der Waals surface area contributed by atoms with Crippen LogP contribution in [0.4, 0.5) is 0 Å². The van der Waals surface area contributed by atoms with Crippen LogP contribution in [0.5, 0.6) is 0 Å². The molecule has 2 heterocycles. The van der Waals surface area contributed by atoms with Crippen LogP contribution in [0.25, 0.3) is 0 Å². The molecule has 1 fully saturated rings. The first-order valence-corrected chi connectivity index (χ1v) is 10.8. The summed E-state index contributed by atoms with van der Waals surface area (Å²) < 4.78 is 23.2. The molecule has 1 aromatic carbocycles. The predicted molar refractivity (Wildman–Crippen MR) is 117 cm³/mol. The summed E-state index contributed by atoms with van der Waals surface area (Å²) in [7, 11) is -1.16. The maximum atomic E-state index is 11.6. The van der Waals surface area contributed by atoms with Crippen molar-refractivity contribution >= 4 is 39.8 Å². The van der Waals surface area contributed by atoms with Gasteiger partial charge in [-0.25, -0.2) is 8.42 Å². The summed E-state index contributed by atoms with van der Waals surface area (Å²) in [6, 6.07) is 8.98. The van der Waals surface area contributed by atoms with Crippen LogP contribution >= 0.6 is 24.0 Å². The van der Waals surface area contributed by atoms with Gasteiger partial charge in [0.1, 0.15) is 0 Å². The van der Waals surface area contributed by atoms with Crippen LogP contribution in [-0.2, 0) is 22.8 Å². The second kappa shape index (κ2) is 9.36. The smallest absolute Gasteiger partial charge is 0.191 e. The zero-order chi connectivity index (χ0) is 17.9. The Balaban J connectivity index is 0.00000243. The molecule has 146 valence electrons. The highest BCUT2D eigenvalue weighted by Gasteiger charge is 2.28. The van der Waals surface area contributed by atoms with Crippen LogP contribution < -0.4 is 10.6 Å². The second-order valence-electron chi connectivity index (χ2n) is 7.04. The summed E-state index contributed by atoms with van der Waals surface area (Å²) >= 11 is 0. The van der Waals surface area contributed by atoms with Gasteiger partial charge in [-0.2, -0.15) is 0 Å². The highest BCUT2D eigenvalue weighted by atomic mass is 127. The van der Waals surface area contributed by atoms with Crippen LogP contribution in [0.15, 0.2) is 29.3 Å². The van der Waals surface area contributed by atoms with E-state index in [0.717, 1.165) is 26.1 Å². The van der Waals surface area contributed by atoms with Gasteiger partial charge in [-0.1, -0.05) is 24.3 Å². The Morgan fingerprint density at radius 2 is 2.08 bits per heavy atom. The van der Waals surface area contributed by atoms with Crippen molar-refractivity contribution < 1.29 is 8.42 Å². The highest BCUT2D eigenvalue weighted by Crippen LogP contribution is 2.20. The minimum atomic E-state index is -2.88. The summed E-state index contributed by atoms with van der Waals surface area (Å²) in [6.45, 7) is 5.04. The molecule has 2 aliphatic heterocycles. The molecule has 8 heteroatoms. The van der Waals surface area contributed by atoms with Crippen molar-refractivity contribution in [3.8, 4) is 0 Å². The van der Waals surface area contributed by atoms with Gasteiger partial charge in [-0.05, 0) is 30.9 Å². The number of halogens is 1. The molecule has 1 aromatic rings. The van der Waals surface area contributed by atoms with Gasteiger partial charge >= 0.3 is 0 Å². The Labute approximate surface area is 173 Å². The molecule has 2 atom stereocenters. The van der Waals surface area contributed by atoms with Crippen molar-refractivity contribution in [2.24, 2.45) is 4.99 Å². The summed E-state index contributed by atoms with van der Waals surface area (Å²) in [6.07, 6.45) is 1.74. The fourth-order valence-corrected chi connectivity index (χ4v) is 5.24. The summed E-state index contributed by atoms with van der Waals surface area (Å²) in [4.78, 5) is 6.71. The summed E-state index contributed by atoms with van der Waals surface area (Å²) in [5, 5.41) is 6.58. The molecule has 0 aromatic heterocycles. The molecule has 0 aliphatic carbocycles. The molecule has 2 unspecified atom stereocenters. The third kappa shape index (κ3) is 5.56. The van der Waals surface area contributed by atoms with Crippen LogP contribution in [0.2, 0.25) is 0 Å². The molecule has 6 nitrogen and oxygen atoms in total. The number of aliphatic imine (C=N–C) groups is 1. The molecule has 1 saturated heterocycles. The number of sulfone groups is 1. The van der Waals surface area contributed by atoms with Crippen molar-refractivity contribution in [3.05, 3.63) is 35.4 Å². The number of benzene rings is 1. The standard InChI is InChI=1S/C18H28N4O2S.HI/c1-14(22-9-7-15-5-3-4-6-16(15)12-22)11-20-18(19-2)21-17-8-10-25(23,24)13-17;/h3-6,14,17H,7-13H2,1-2H3,(H2,19,20,21);1H. The molecule has 0 amide bonds. The average molecular weight is 492 g/mol. The molecular formula is C18H29IN4O2S. The van der Waals surface area contributed by atoms with Crippen LogP contribution in [0, 0.1) is 0 Å². The molecule has 0 saturated carbocycles. The van der Waals surface area contributed by atoms with Crippen molar-refractivity contribution in [1.82, 2.24) is 15.5 Å². The van der Waals surface area contributed by atoms with Crippen LogP contribution in [0.1, 0.15) is 24.5 Å². The number of nitrogens with one attached hydrogen (secondary N) is 2. The van der Waals surface area contributed by atoms with E-state index in [2.05, 4.69) is 51.7 Å². The Hall–Kier alpha value is -0.870. The minimum absolute atomic E-state index is 0. The lowest BCUT2D eigenvalue weighted by atomic mass is 9.99. The summed E-state index contributed by atoms with van der Waals surface area (Å²) in [5.41, 5.74) is 2.87. The van der Waals surface area contributed by atoms with Gasteiger partial charge in [0.05, 0.1) is 11.5 Å². The van der Waals surface area contributed by atoms with Gasteiger partial charge in [-0.15, -0.1) is 24.0 Å². The monoisotopic (exact) mass is 492 g/mol. The highest BCUT2D eigenvalue weighted by molar-refractivity contribution is 14.0. The Morgan fingerprint density at radius 3 is 2.73 bits per heavy atom. The maximum absolute atomic E-state index is 11.6. The number of hydrogen-bond donors (Lipinski definition) is 2. The van der Waals surface area contributed by atoms with Crippen LogP contribution in [0.3, 0.4) is 0 Å². The summed E-state index contributed by atoms with van der Waals surface area (Å²) in [5.74, 6) is 1.16. The number of guanidine groups is 1. The van der Waals surface area contributed by atoms with Gasteiger partial charge in [-0.3, -0.25) is 9.89 Å². The molecule has 0 spiro atoms. The van der Waals surface area contributed by atoms with E-state index in [0.29, 0.717) is 18.4 Å². The lowest BCUT2D eigenvalue weighted by Crippen LogP contribution is -2.49. The lowest BCUT2D eigenvalue weighted by molar-refractivity contribution is 0.191. The Morgan fingerprint density at radius 1 is 1.35 bits per heavy atom. The first kappa shape index (κ1) is 21.4. The molecule has 2 aliphatic rings. The first-order valence-electron chi connectivity index (χ1n) is 8.95. The van der Waals surface area contributed by atoms with E-state index in [1.54, 1.807) is 7.05 Å². The molecule has 0 radical (unpaired) electrons. The number of fused-ring (bicyclic) bond motifs is 1. The second-order valence-corrected chi connectivity index (χ2v) is 9.26. The SMILES string of the molecule is CN=C(NCC(C)N1CCc2ccccc2C1)NC1CCS(=O)(=O)C1.I. The molecule has 26 heavy (non-hydrogen) atoms. The number of rotatable bonds is 4. The normalized spacial score (nSPS) is 23.6. The molecule has 2 N–H and O–H groups in total. The number of nitrogens with zero attached hydrogens (tertiary/aromatic N) is 2. The van der Waals surface area contributed by atoms with E-state index in [1.165, 1.54) is 11.1 Å². The first-order chi connectivity index (χ1) is 12.0. The lowest BCUT2D eigenvalue weighted by Gasteiger charge is -2.34. The van der Waals surface area contributed by atoms with Gasteiger partial charge in [0.2, 0.25) is 0 Å². The maximum Gasteiger partial charge on any atom is 0.191 e. The third-order valence-corrected chi connectivity index (χ3v) is 6.91. The van der Waals surface area contributed by atoms with Crippen LogP contribution in [-0.4, -0.2) is 63.0 Å². The van der Waals surface area contributed by atoms with E-state index in [-0.39, 0.29) is 41.5 Å². The van der Waals surface area contributed by atoms with E-state index in [1.807, 2.05) is 0 Å². The van der Waals surface area contributed by atoms with Crippen molar-refractivity contribution in [2.45, 2.75) is 38.4 Å². The van der Waals surface area contributed by atoms with E-state index < -0.39 is 9.84 Å². The predicted octanol–water partition coefficient (Wildman–Crippen LogP) is 1.40. The van der Waals surface area contributed by atoms with Gasteiger partial charge < -0.3 is 10.6 Å². The molecular weight excluding hydrogens is 463 g/mol. The quantitative estimate of drug-likeness (QED) is 0.378. The fraction of sp³-hybridized carbons (Fsp3) is 0.611. The van der Waals surface area contributed by atoms with Crippen molar-refractivity contribution in [3.63, 3.8) is 0 Å². The zero-order valence-corrected chi connectivity index (χ0v) is 18.6. The van der Waals surface area contributed by atoms with E-state index in [9.17, 15) is 8.42 Å². The van der Waals surface area contributed by atoms with E-state index in [4.69, 9.17) is 0 Å². The van der Waals surface area contributed by atoms with Gasteiger partial charge in [0.25, 0.3) is 0 Å². The average Bonchev–Trinajstić information content (AvgIpc) is 2.96. The third-order valence-electron chi connectivity index (χ3n) is 5.15. The number of hydrogen-bond acceptors (Lipinski definition) is 4. The van der Waals surface area contributed by atoms with Crippen molar-refractivity contribution in [1.29, 1.82) is 0 Å². The van der Waals surface area contributed by atoms with Gasteiger partial charge in [0.15, 0.2) is 15.8 Å². The van der Waals surface area contributed by atoms with Gasteiger partial charge in [0, 0.05) is 38.8 Å². The largest absolute Gasteiger partial charge is 0.355 e. The fourth-order valence-electron chi connectivity index (χ4n) is 3.56. The van der Waals surface area contributed by atoms with Crippen molar-refractivity contribution in [2.75, 3.05) is 31.6 Å². The van der Waals surface area contributed by atoms with E-state index >= 15 is 0 Å². The Bertz CT molecular complexity index is 738.